The zero-order valence-electron chi connectivity index (χ0n) is 7.36. The minimum Gasteiger partial charge on any atom is -0.315 e. The van der Waals surface area contributed by atoms with Crippen molar-refractivity contribution in [2.45, 2.75) is 38.1 Å². The molecule has 0 amide bonds. The molecule has 1 aliphatic carbocycles. The van der Waals surface area contributed by atoms with Crippen LogP contribution in [0.3, 0.4) is 0 Å². The molecular weight excluding hydrogens is 166 g/mol. The van der Waals surface area contributed by atoms with E-state index >= 15 is 0 Å². The Morgan fingerprint density at radius 1 is 1.31 bits per heavy atom. The predicted octanol–water partition coefficient (Wildman–Crippen LogP) is 0.671. The molecule has 4 nitrogen and oxygen atoms in total. The minimum atomic E-state index is 0.361. The average molecular weight is 177 g/mol. The molecule has 0 unspecified atom stereocenters. The van der Waals surface area contributed by atoms with Gasteiger partial charge in [-0.25, -0.2) is 0 Å². The first-order chi connectivity index (χ1) is 6.34. The third-order valence-electron chi connectivity index (χ3n) is 2.95. The first-order valence-electron chi connectivity index (χ1n) is 4.78. The van der Waals surface area contributed by atoms with Crippen LogP contribution in [0.1, 0.15) is 36.8 Å². The Balaban J connectivity index is 1.93. The highest BCUT2D eigenvalue weighted by atomic mass is 16.1. The number of carbonyl (C=O) groups is 1. The molecule has 0 radical (unpaired) electrons. The van der Waals surface area contributed by atoms with Crippen molar-refractivity contribution in [1.29, 1.82) is 0 Å². The van der Waals surface area contributed by atoms with Crippen LogP contribution in [-0.4, -0.2) is 20.5 Å². The zero-order valence-corrected chi connectivity index (χ0v) is 7.36. The van der Waals surface area contributed by atoms with E-state index in [2.05, 4.69) is 14.8 Å². The van der Waals surface area contributed by atoms with Crippen LogP contribution in [0.4, 0.5) is 0 Å². The number of carbonyl (C=O) groups excluding carboxylic acids is 1. The quantitative estimate of drug-likeness (QED) is 0.633. The fraction of sp³-hybridized carbons (Fsp3) is 0.667. The van der Waals surface area contributed by atoms with Crippen molar-refractivity contribution in [3.05, 3.63) is 11.6 Å². The summed E-state index contributed by atoms with van der Waals surface area (Å²) in [6.45, 7) is 1.04. The molecule has 4 heteroatoms. The molecule has 2 aliphatic rings. The molecule has 0 saturated heterocycles. The van der Waals surface area contributed by atoms with E-state index in [0.29, 0.717) is 24.5 Å². The second kappa shape index (κ2) is 2.40. The first kappa shape index (κ1) is 7.24. The molecule has 0 bridgehead atoms. The maximum absolute atomic E-state index is 10.8. The molecular formula is C9H11N3O. The van der Waals surface area contributed by atoms with Crippen molar-refractivity contribution in [2.75, 3.05) is 0 Å². The van der Waals surface area contributed by atoms with E-state index < -0.39 is 0 Å². The van der Waals surface area contributed by atoms with Crippen molar-refractivity contribution in [2.24, 2.45) is 0 Å². The summed E-state index contributed by atoms with van der Waals surface area (Å²) in [5.41, 5.74) is 0. The van der Waals surface area contributed by atoms with Crippen molar-refractivity contribution < 1.29 is 4.79 Å². The molecule has 13 heavy (non-hydrogen) atoms. The van der Waals surface area contributed by atoms with Crippen LogP contribution in [0, 0.1) is 0 Å². The Morgan fingerprint density at radius 2 is 2.15 bits per heavy atom. The topological polar surface area (TPSA) is 47.8 Å². The molecule has 1 fully saturated rings. The first-order valence-corrected chi connectivity index (χ1v) is 4.78. The Hall–Kier alpha value is -1.19. The number of aryl methyl sites for hydroxylation is 1. The van der Waals surface area contributed by atoms with E-state index in [0.717, 1.165) is 24.6 Å². The summed E-state index contributed by atoms with van der Waals surface area (Å²) in [4.78, 5) is 10.8. The Bertz CT molecular complexity index is 361. The van der Waals surface area contributed by atoms with Crippen molar-refractivity contribution in [3.8, 4) is 0 Å². The van der Waals surface area contributed by atoms with Crippen molar-refractivity contribution in [3.63, 3.8) is 0 Å². The maximum atomic E-state index is 10.8. The molecule has 0 spiro atoms. The van der Waals surface area contributed by atoms with Gasteiger partial charge in [-0.3, -0.25) is 4.79 Å². The highest BCUT2D eigenvalue weighted by molar-refractivity contribution is 5.86. The van der Waals surface area contributed by atoms with E-state index in [1.807, 2.05) is 0 Å². The molecule has 1 saturated carbocycles. The monoisotopic (exact) mass is 177 g/mol. The molecule has 3 rings (SSSR count). The standard InChI is InChI=1S/C9H11N3O/c13-7-4-6(5-7)9-11-10-8-2-1-3-12(8)9/h6H,1-5H2. The van der Waals surface area contributed by atoms with Gasteiger partial charge in [0.2, 0.25) is 0 Å². The van der Waals surface area contributed by atoms with Crippen LogP contribution in [0.15, 0.2) is 0 Å². The van der Waals surface area contributed by atoms with Crippen molar-refractivity contribution in [1.82, 2.24) is 14.8 Å². The van der Waals surface area contributed by atoms with Gasteiger partial charge in [0, 0.05) is 31.7 Å². The SMILES string of the molecule is O=C1CC(c2nnc3n2CCC3)C1. The molecule has 68 valence electrons. The van der Waals surface area contributed by atoms with E-state index in [4.69, 9.17) is 0 Å². The third-order valence-corrected chi connectivity index (χ3v) is 2.95. The van der Waals surface area contributed by atoms with Gasteiger partial charge < -0.3 is 4.57 Å². The fourth-order valence-electron chi connectivity index (χ4n) is 2.15. The van der Waals surface area contributed by atoms with Gasteiger partial charge in [0.25, 0.3) is 0 Å². The number of aromatic nitrogens is 3. The summed E-state index contributed by atoms with van der Waals surface area (Å²) in [6.07, 6.45) is 3.59. The lowest BCUT2D eigenvalue weighted by molar-refractivity contribution is -0.124. The second-order valence-corrected chi connectivity index (χ2v) is 3.87. The van der Waals surface area contributed by atoms with Crippen LogP contribution in [0.25, 0.3) is 0 Å². The second-order valence-electron chi connectivity index (χ2n) is 3.87. The van der Waals surface area contributed by atoms with Crippen LogP contribution in [-0.2, 0) is 17.8 Å². The van der Waals surface area contributed by atoms with Crippen LogP contribution < -0.4 is 0 Å². The summed E-state index contributed by atoms with van der Waals surface area (Å²) >= 11 is 0. The van der Waals surface area contributed by atoms with Crippen LogP contribution in [0.2, 0.25) is 0 Å². The van der Waals surface area contributed by atoms with Gasteiger partial charge in [-0.1, -0.05) is 0 Å². The summed E-state index contributed by atoms with van der Waals surface area (Å²) in [5, 5.41) is 8.28. The van der Waals surface area contributed by atoms with E-state index in [1.54, 1.807) is 0 Å². The maximum Gasteiger partial charge on any atom is 0.137 e. The van der Waals surface area contributed by atoms with Gasteiger partial charge >= 0.3 is 0 Å². The highest BCUT2D eigenvalue weighted by Crippen LogP contribution is 2.33. The summed E-state index contributed by atoms with van der Waals surface area (Å²) < 4.78 is 2.19. The molecule has 1 aromatic rings. The lowest BCUT2D eigenvalue weighted by atomic mass is 9.83. The van der Waals surface area contributed by atoms with Gasteiger partial charge in [0.05, 0.1) is 0 Å². The van der Waals surface area contributed by atoms with Gasteiger partial charge in [0.15, 0.2) is 0 Å². The zero-order chi connectivity index (χ0) is 8.84. The molecule has 0 aromatic carbocycles. The molecule has 0 atom stereocenters. The highest BCUT2D eigenvalue weighted by Gasteiger charge is 2.33. The Kier molecular flexibility index (Phi) is 1.34. The van der Waals surface area contributed by atoms with Crippen molar-refractivity contribution >= 4 is 5.78 Å². The average Bonchev–Trinajstić information content (AvgIpc) is 2.58. The number of nitrogens with zero attached hydrogens (tertiary/aromatic N) is 3. The lowest BCUT2D eigenvalue weighted by Gasteiger charge is -2.22. The normalized spacial score (nSPS) is 21.7. The van der Waals surface area contributed by atoms with Gasteiger partial charge in [0.1, 0.15) is 17.4 Å². The van der Waals surface area contributed by atoms with Crippen LogP contribution >= 0.6 is 0 Å². The Labute approximate surface area is 76.0 Å². The smallest absolute Gasteiger partial charge is 0.137 e. The summed E-state index contributed by atoms with van der Waals surface area (Å²) in [6, 6.07) is 0. The molecule has 1 aliphatic heterocycles. The summed E-state index contributed by atoms with van der Waals surface area (Å²) in [5.74, 6) is 2.88. The van der Waals surface area contributed by atoms with Gasteiger partial charge in [-0.05, 0) is 6.42 Å². The largest absolute Gasteiger partial charge is 0.315 e. The number of Topliss-reactive ketones (excluding diaryl/α,β-unsaturated/α-hetero) is 1. The number of rotatable bonds is 1. The number of ketones is 1. The van der Waals surface area contributed by atoms with E-state index in [9.17, 15) is 4.79 Å². The minimum absolute atomic E-state index is 0.361. The lowest BCUT2D eigenvalue weighted by Crippen LogP contribution is -2.24. The van der Waals surface area contributed by atoms with E-state index in [1.165, 1.54) is 6.42 Å². The third kappa shape index (κ3) is 0.944. The fourth-order valence-corrected chi connectivity index (χ4v) is 2.15. The van der Waals surface area contributed by atoms with E-state index in [-0.39, 0.29) is 0 Å². The number of hydrogen-bond acceptors (Lipinski definition) is 3. The Morgan fingerprint density at radius 3 is 2.92 bits per heavy atom. The molecule has 2 heterocycles. The van der Waals surface area contributed by atoms with Gasteiger partial charge in [-0.15, -0.1) is 10.2 Å². The van der Waals surface area contributed by atoms with Gasteiger partial charge in [-0.2, -0.15) is 0 Å². The number of hydrogen-bond donors (Lipinski definition) is 0. The summed E-state index contributed by atoms with van der Waals surface area (Å²) in [7, 11) is 0. The van der Waals surface area contributed by atoms with Crippen LogP contribution in [0.5, 0.6) is 0 Å². The number of fused-ring (bicyclic) bond motifs is 1. The molecule has 1 aromatic heterocycles. The molecule has 0 N–H and O–H groups in total. The predicted molar refractivity (Wildman–Crippen MR) is 45.3 cm³/mol.